The number of aromatic nitrogens is 2. The molecule has 1 aromatic heterocycles. The van der Waals surface area contributed by atoms with E-state index in [1.807, 2.05) is 0 Å². The van der Waals surface area contributed by atoms with Gasteiger partial charge in [0.25, 0.3) is 0 Å². The van der Waals surface area contributed by atoms with E-state index in [9.17, 15) is 4.79 Å². The number of nitrogens with one attached hydrogen (secondary N) is 1. The maximum atomic E-state index is 12.1. The van der Waals surface area contributed by atoms with Crippen molar-refractivity contribution in [2.24, 2.45) is 17.8 Å². The molecule has 1 heterocycles. The summed E-state index contributed by atoms with van der Waals surface area (Å²) >= 11 is 0. The van der Waals surface area contributed by atoms with Crippen LogP contribution in [0.2, 0.25) is 0 Å². The van der Waals surface area contributed by atoms with Crippen LogP contribution in [0.1, 0.15) is 44.3 Å². The van der Waals surface area contributed by atoms with Crippen molar-refractivity contribution in [2.45, 2.75) is 45.4 Å². The Bertz CT molecular complexity index is 443. The number of anilines is 1. The minimum absolute atomic E-state index is 0.0572. The monoisotopic (exact) mass is 249 g/mol. The number of amides is 1. The highest BCUT2D eigenvalue weighted by atomic mass is 16.5. The summed E-state index contributed by atoms with van der Waals surface area (Å²) in [5.74, 6) is 2.11. The van der Waals surface area contributed by atoms with Gasteiger partial charge in [0.2, 0.25) is 5.91 Å². The molecule has 2 aliphatic carbocycles. The van der Waals surface area contributed by atoms with Gasteiger partial charge < -0.3 is 4.52 Å². The van der Waals surface area contributed by atoms with E-state index in [0.29, 0.717) is 11.7 Å². The van der Waals surface area contributed by atoms with Gasteiger partial charge in [-0.2, -0.15) is 4.98 Å². The van der Waals surface area contributed by atoms with Gasteiger partial charge in [0.1, 0.15) is 0 Å². The van der Waals surface area contributed by atoms with Crippen molar-refractivity contribution >= 4 is 11.9 Å². The first-order chi connectivity index (χ1) is 8.74. The first-order valence-electron chi connectivity index (χ1n) is 6.85. The van der Waals surface area contributed by atoms with Crippen molar-refractivity contribution in [3.63, 3.8) is 0 Å². The van der Waals surface area contributed by atoms with Gasteiger partial charge in [-0.3, -0.25) is 10.1 Å². The van der Waals surface area contributed by atoms with E-state index in [2.05, 4.69) is 15.5 Å². The number of fused-ring (bicyclic) bond motifs is 1. The van der Waals surface area contributed by atoms with Gasteiger partial charge >= 0.3 is 6.01 Å². The number of carbonyl (C=O) groups is 1. The molecule has 0 unspecified atom stereocenters. The summed E-state index contributed by atoms with van der Waals surface area (Å²) in [5.41, 5.74) is 0. The minimum Gasteiger partial charge on any atom is -0.315 e. The molecule has 18 heavy (non-hydrogen) atoms. The van der Waals surface area contributed by atoms with E-state index >= 15 is 0 Å². The number of nitrogens with zero attached hydrogens (tertiary/aromatic N) is 2. The Labute approximate surface area is 106 Å². The van der Waals surface area contributed by atoms with Gasteiger partial charge in [-0.1, -0.05) is 30.8 Å². The third-order valence-corrected chi connectivity index (χ3v) is 4.39. The average molecular weight is 249 g/mol. The van der Waals surface area contributed by atoms with Crippen LogP contribution in [-0.4, -0.2) is 16.0 Å². The predicted octanol–water partition coefficient (Wildman–Crippen LogP) is 2.53. The number of aryl methyl sites for hydroxylation is 1. The van der Waals surface area contributed by atoms with Crippen LogP contribution in [0.5, 0.6) is 0 Å². The Morgan fingerprint density at radius 2 is 2.17 bits per heavy atom. The lowest BCUT2D eigenvalue weighted by Crippen LogP contribution is -2.43. The van der Waals surface area contributed by atoms with Gasteiger partial charge in [0.05, 0.1) is 0 Å². The van der Waals surface area contributed by atoms with E-state index in [0.717, 1.165) is 12.3 Å². The van der Waals surface area contributed by atoms with Gasteiger partial charge in [-0.25, -0.2) is 0 Å². The summed E-state index contributed by atoms with van der Waals surface area (Å²) in [4.78, 5) is 16.1. The molecule has 0 bridgehead atoms. The third kappa shape index (κ3) is 2.13. The molecule has 0 aromatic carbocycles. The van der Waals surface area contributed by atoms with Crippen LogP contribution in [-0.2, 0) is 4.79 Å². The van der Waals surface area contributed by atoms with Crippen molar-refractivity contribution in [1.82, 2.24) is 10.1 Å². The highest BCUT2D eigenvalue weighted by molar-refractivity contribution is 5.91. The van der Waals surface area contributed by atoms with Crippen molar-refractivity contribution in [3.05, 3.63) is 5.82 Å². The molecule has 2 aliphatic rings. The fourth-order valence-electron chi connectivity index (χ4n) is 3.39. The smallest absolute Gasteiger partial charge is 0.315 e. The second-order valence-electron chi connectivity index (χ2n) is 5.54. The van der Waals surface area contributed by atoms with E-state index in [1.165, 1.54) is 32.1 Å². The summed E-state index contributed by atoms with van der Waals surface area (Å²) < 4.78 is 4.92. The van der Waals surface area contributed by atoms with Gasteiger partial charge in [-0.15, -0.1) is 0 Å². The molecule has 1 aromatic rings. The summed E-state index contributed by atoms with van der Waals surface area (Å²) in [6.07, 6.45) is 7.45. The van der Waals surface area contributed by atoms with Crippen LogP contribution in [0.3, 0.4) is 0 Å². The second-order valence-corrected chi connectivity index (χ2v) is 5.54. The molecule has 0 radical (unpaired) electrons. The molecule has 0 saturated heterocycles. The summed E-state index contributed by atoms with van der Waals surface area (Å²) in [5, 5.41) is 6.41. The Morgan fingerprint density at radius 1 is 1.33 bits per heavy atom. The lowest BCUT2D eigenvalue weighted by molar-refractivity contribution is -0.128. The van der Waals surface area contributed by atoms with E-state index < -0.39 is 0 Å². The van der Waals surface area contributed by atoms with Crippen molar-refractivity contribution in [3.8, 4) is 0 Å². The molecule has 3 rings (SSSR count). The maximum absolute atomic E-state index is 12.1. The fourth-order valence-corrected chi connectivity index (χ4v) is 3.39. The predicted molar refractivity (Wildman–Crippen MR) is 65.8 cm³/mol. The lowest BCUT2D eigenvalue weighted by Gasteiger charge is -2.42. The Hall–Kier alpha value is -1.39. The van der Waals surface area contributed by atoms with Crippen LogP contribution < -0.4 is 5.32 Å². The van der Waals surface area contributed by atoms with Crippen molar-refractivity contribution in [2.75, 3.05) is 5.32 Å². The van der Waals surface area contributed by atoms with Crippen molar-refractivity contribution < 1.29 is 9.32 Å². The van der Waals surface area contributed by atoms with Crippen LogP contribution in [0.25, 0.3) is 0 Å². The minimum atomic E-state index is 0.0572. The number of carbonyl (C=O) groups excluding carboxylic acids is 1. The molecule has 3 atom stereocenters. The summed E-state index contributed by atoms with van der Waals surface area (Å²) in [7, 11) is 0. The molecule has 0 aliphatic heterocycles. The SMILES string of the molecule is Cc1noc(NC(=O)[C@@H]2C[C@@H]3CCCCC[C@@H]32)n1. The molecule has 1 N–H and O–H groups in total. The van der Waals surface area contributed by atoms with Crippen LogP contribution >= 0.6 is 0 Å². The first-order valence-corrected chi connectivity index (χ1v) is 6.85. The second kappa shape index (κ2) is 4.71. The number of hydrogen-bond acceptors (Lipinski definition) is 4. The Morgan fingerprint density at radius 3 is 2.94 bits per heavy atom. The Balaban J connectivity index is 1.60. The lowest BCUT2D eigenvalue weighted by atomic mass is 9.62. The van der Waals surface area contributed by atoms with Crippen LogP contribution in [0, 0.1) is 24.7 Å². The standard InChI is InChI=1S/C13H19N3O2/c1-8-14-13(18-16-8)15-12(17)11-7-9-5-3-2-4-6-10(9)11/h9-11H,2-7H2,1H3,(H,14,15,16,17)/t9-,10-,11+/m0/s1. The van der Waals surface area contributed by atoms with E-state index in [-0.39, 0.29) is 17.8 Å². The quantitative estimate of drug-likeness (QED) is 0.874. The highest BCUT2D eigenvalue weighted by Crippen LogP contribution is 2.48. The average Bonchev–Trinajstić information content (AvgIpc) is 2.62. The zero-order chi connectivity index (χ0) is 12.5. The van der Waals surface area contributed by atoms with Gasteiger partial charge in [-0.05, 0) is 31.6 Å². The van der Waals surface area contributed by atoms with Crippen LogP contribution in [0.15, 0.2) is 4.52 Å². The third-order valence-electron chi connectivity index (χ3n) is 4.39. The zero-order valence-corrected chi connectivity index (χ0v) is 10.7. The van der Waals surface area contributed by atoms with Crippen LogP contribution in [0.4, 0.5) is 6.01 Å². The van der Waals surface area contributed by atoms with E-state index in [1.54, 1.807) is 6.92 Å². The highest BCUT2D eigenvalue weighted by Gasteiger charge is 2.45. The topological polar surface area (TPSA) is 68.0 Å². The zero-order valence-electron chi connectivity index (χ0n) is 10.7. The normalized spacial score (nSPS) is 31.1. The summed E-state index contributed by atoms with van der Waals surface area (Å²) in [6, 6.07) is 0.231. The maximum Gasteiger partial charge on any atom is 0.328 e. The fraction of sp³-hybridized carbons (Fsp3) is 0.769. The Kier molecular flexibility index (Phi) is 3.06. The molecular formula is C13H19N3O2. The molecule has 5 nitrogen and oxygen atoms in total. The number of hydrogen-bond donors (Lipinski definition) is 1. The van der Waals surface area contributed by atoms with Crippen molar-refractivity contribution in [1.29, 1.82) is 0 Å². The van der Waals surface area contributed by atoms with Gasteiger partial charge in [0.15, 0.2) is 5.82 Å². The molecular weight excluding hydrogens is 230 g/mol. The van der Waals surface area contributed by atoms with Gasteiger partial charge in [0, 0.05) is 5.92 Å². The molecule has 0 spiro atoms. The van der Waals surface area contributed by atoms with E-state index in [4.69, 9.17) is 4.52 Å². The molecule has 2 fully saturated rings. The largest absolute Gasteiger partial charge is 0.328 e. The first kappa shape index (κ1) is 11.7. The number of rotatable bonds is 2. The summed E-state index contributed by atoms with van der Waals surface area (Å²) in [6.45, 7) is 1.74. The molecule has 1 amide bonds. The molecule has 5 heteroatoms. The molecule has 98 valence electrons. The molecule has 2 saturated carbocycles.